The first-order valence-electron chi connectivity index (χ1n) is 8.13. The fraction of sp³-hybridized carbons (Fsp3) is 0.667. The smallest absolute Gasteiger partial charge is 0.123 e. The Morgan fingerprint density at radius 2 is 2.10 bits per heavy atom. The molecule has 1 aliphatic heterocycles. The van der Waals surface area contributed by atoms with E-state index >= 15 is 0 Å². The van der Waals surface area contributed by atoms with Crippen molar-refractivity contribution in [1.29, 1.82) is 0 Å². The van der Waals surface area contributed by atoms with E-state index in [-0.39, 0.29) is 0 Å². The van der Waals surface area contributed by atoms with Crippen LogP contribution in [0.15, 0.2) is 18.2 Å². The molecule has 1 aromatic carbocycles. The van der Waals surface area contributed by atoms with Crippen molar-refractivity contribution in [3.63, 3.8) is 0 Å². The maximum absolute atomic E-state index is 5.57. The number of piperidine rings is 1. The molecule has 0 bridgehead atoms. The molecular formula is C18H30N2O. The Hall–Kier alpha value is -1.06. The van der Waals surface area contributed by atoms with E-state index < -0.39 is 0 Å². The van der Waals surface area contributed by atoms with E-state index in [4.69, 9.17) is 4.74 Å². The van der Waals surface area contributed by atoms with Gasteiger partial charge in [-0.15, -0.1) is 0 Å². The fourth-order valence-corrected chi connectivity index (χ4v) is 3.18. The Morgan fingerprint density at radius 3 is 2.76 bits per heavy atom. The molecule has 3 atom stereocenters. The number of likely N-dealkylation sites (tertiary alicyclic amines) is 1. The summed E-state index contributed by atoms with van der Waals surface area (Å²) < 4.78 is 5.57. The van der Waals surface area contributed by atoms with Gasteiger partial charge in [0.2, 0.25) is 0 Å². The minimum absolute atomic E-state index is 0.368. The van der Waals surface area contributed by atoms with Crippen molar-refractivity contribution in [1.82, 2.24) is 10.2 Å². The molecule has 118 valence electrons. The molecule has 1 aliphatic rings. The summed E-state index contributed by atoms with van der Waals surface area (Å²) in [5.74, 6) is 1.80. The first kappa shape index (κ1) is 16.3. The fourth-order valence-electron chi connectivity index (χ4n) is 3.18. The van der Waals surface area contributed by atoms with Gasteiger partial charge in [-0.05, 0) is 57.4 Å². The van der Waals surface area contributed by atoms with Crippen LogP contribution in [0.3, 0.4) is 0 Å². The molecule has 0 spiro atoms. The van der Waals surface area contributed by atoms with Crippen molar-refractivity contribution in [2.45, 2.75) is 52.2 Å². The third-order valence-corrected chi connectivity index (χ3v) is 4.86. The standard InChI is InChI=1S/C18H30N2O/c1-13-6-7-14(2)20(11-13)12-17-10-16(15(3)19-4)8-9-18(17)21-5/h8-10,13-15,19H,6-7,11-12H2,1-5H3. The minimum Gasteiger partial charge on any atom is -0.496 e. The Labute approximate surface area is 129 Å². The van der Waals surface area contributed by atoms with Gasteiger partial charge in [-0.25, -0.2) is 0 Å². The van der Waals surface area contributed by atoms with Gasteiger partial charge in [0.05, 0.1) is 7.11 Å². The van der Waals surface area contributed by atoms with Gasteiger partial charge in [-0.3, -0.25) is 4.90 Å². The normalized spacial score (nSPS) is 24.8. The number of methoxy groups -OCH3 is 1. The number of nitrogens with zero attached hydrogens (tertiary/aromatic N) is 1. The molecule has 0 saturated carbocycles. The summed E-state index contributed by atoms with van der Waals surface area (Å²) in [6.45, 7) is 9.07. The summed E-state index contributed by atoms with van der Waals surface area (Å²) in [5.41, 5.74) is 2.63. The summed E-state index contributed by atoms with van der Waals surface area (Å²) in [7, 11) is 3.77. The van der Waals surface area contributed by atoms with Gasteiger partial charge in [-0.2, -0.15) is 0 Å². The predicted molar refractivity (Wildman–Crippen MR) is 88.7 cm³/mol. The molecule has 1 N–H and O–H groups in total. The molecular weight excluding hydrogens is 260 g/mol. The lowest BCUT2D eigenvalue weighted by Crippen LogP contribution is -2.40. The molecule has 0 radical (unpaired) electrons. The molecule has 1 aromatic rings. The molecule has 2 rings (SSSR count). The van der Waals surface area contributed by atoms with Gasteiger partial charge >= 0.3 is 0 Å². The van der Waals surface area contributed by atoms with E-state index in [1.165, 1.54) is 30.5 Å². The Balaban J connectivity index is 2.20. The predicted octanol–water partition coefficient (Wildman–Crippen LogP) is 3.60. The van der Waals surface area contributed by atoms with Crippen LogP contribution in [0.25, 0.3) is 0 Å². The van der Waals surface area contributed by atoms with Crippen LogP contribution < -0.4 is 10.1 Å². The molecule has 1 saturated heterocycles. The molecule has 1 heterocycles. The first-order valence-corrected chi connectivity index (χ1v) is 8.13. The zero-order valence-electron chi connectivity index (χ0n) is 14.1. The SMILES string of the molecule is CNC(C)c1ccc(OC)c(CN2CC(C)CCC2C)c1. The summed E-state index contributed by atoms with van der Waals surface area (Å²) in [4.78, 5) is 2.60. The average Bonchev–Trinajstić information content (AvgIpc) is 2.50. The van der Waals surface area contributed by atoms with Crippen LogP contribution in [-0.4, -0.2) is 31.6 Å². The van der Waals surface area contributed by atoms with Crippen molar-refractivity contribution in [3.05, 3.63) is 29.3 Å². The third kappa shape index (κ3) is 3.98. The topological polar surface area (TPSA) is 24.5 Å². The Kier molecular flexibility index (Phi) is 5.65. The lowest BCUT2D eigenvalue weighted by molar-refractivity contribution is 0.116. The zero-order chi connectivity index (χ0) is 15.4. The van der Waals surface area contributed by atoms with Crippen LogP contribution in [0.5, 0.6) is 5.75 Å². The van der Waals surface area contributed by atoms with Gasteiger partial charge < -0.3 is 10.1 Å². The largest absolute Gasteiger partial charge is 0.496 e. The summed E-state index contributed by atoms with van der Waals surface area (Å²) in [5, 5.41) is 3.31. The van der Waals surface area contributed by atoms with Crippen molar-refractivity contribution >= 4 is 0 Å². The van der Waals surface area contributed by atoms with Crippen LogP contribution in [0.4, 0.5) is 0 Å². The van der Waals surface area contributed by atoms with Crippen LogP contribution in [0.1, 0.15) is 50.8 Å². The van der Waals surface area contributed by atoms with E-state index in [1.807, 2.05) is 7.05 Å². The highest BCUT2D eigenvalue weighted by Gasteiger charge is 2.23. The highest BCUT2D eigenvalue weighted by molar-refractivity contribution is 5.38. The quantitative estimate of drug-likeness (QED) is 0.897. The number of nitrogens with one attached hydrogen (secondary N) is 1. The summed E-state index contributed by atoms with van der Waals surface area (Å²) in [6, 6.07) is 7.59. The summed E-state index contributed by atoms with van der Waals surface area (Å²) in [6.07, 6.45) is 2.65. The van der Waals surface area contributed by atoms with Crippen LogP contribution in [0.2, 0.25) is 0 Å². The van der Waals surface area contributed by atoms with E-state index in [0.29, 0.717) is 12.1 Å². The monoisotopic (exact) mass is 290 g/mol. The van der Waals surface area contributed by atoms with Gasteiger partial charge in [0.15, 0.2) is 0 Å². The number of hydrogen-bond donors (Lipinski definition) is 1. The second kappa shape index (κ2) is 7.28. The maximum atomic E-state index is 5.57. The number of benzene rings is 1. The number of ether oxygens (including phenoxy) is 1. The molecule has 21 heavy (non-hydrogen) atoms. The minimum atomic E-state index is 0.368. The number of rotatable bonds is 5. The van der Waals surface area contributed by atoms with Crippen molar-refractivity contribution in [3.8, 4) is 5.75 Å². The lowest BCUT2D eigenvalue weighted by atomic mass is 9.94. The number of hydrogen-bond acceptors (Lipinski definition) is 3. The van der Waals surface area contributed by atoms with Crippen molar-refractivity contribution in [2.75, 3.05) is 20.7 Å². The third-order valence-electron chi connectivity index (χ3n) is 4.86. The van der Waals surface area contributed by atoms with Gasteiger partial charge in [0.1, 0.15) is 5.75 Å². The second-order valence-corrected chi connectivity index (χ2v) is 6.54. The molecule has 3 unspecified atom stereocenters. The molecule has 1 fully saturated rings. The highest BCUT2D eigenvalue weighted by atomic mass is 16.5. The van der Waals surface area contributed by atoms with Gasteiger partial charge in [0, 0.05) is 30.7 Å². The van der Waals surface area contributed by atoms with E-state index in [2.05, 4.69) is 49.2 Å². The van der Waals surface area contributed by atoms with Crippen LogP contribution in [-0.2, 0) is 6.54 Å². The Morgan fingerprint density at radius 1 is 1.33 bits per heavy atom. The maximum Gasteiger partial charge on any atom is 0.123 e. The first-order chi connectivity index (χ1) is 10.0. The van der Waals surface area contributed by atoms with E-state index in [1.54, 1.807) is 7.11 Å². The van der Waals surface area contributed by atoms with Gasteiger partial charge in [-0.1, -0.05) is 13.0 Å². The van der Waals surface area contributed by atoms with E-state index in [9.17, 15) is 0 Å². The lowest BCUT2D eigenvalue weighted by Gasteiger charge is -2.37. The molecule has 3 nitrogen and oxygen atoms in total. The average molecular weight is 290 g/mol. The molecule has 3 heteroatoms. The van der Waals surface area contributed by atoms with Crippen LogP contribution >= 0.6 is 0 Å². The molecule has 0 amide bonds. The highest BCUT2D eigenvalue weighted by Crippen LogP contribution is 2.28. The van der Waals surface area contributed by atoms with Crippen molar-refractivity contribution in [2.24, 2.45) is 5.92 Å². The molecule has 0 aliphatic carbocycles. The molecule has 0 aromatic heterocycles. The Bertz CT molecular complexity index is 461. The zero-order valence-corrected chi connectivity index (χ0v) is 14.1. The van der Waals surface area contributed by atoms with Crippen molar-refractivity contribution < 1.29 is 4.74 Å². The van der Waals surface area contributed by atoms with E-state index in [0.717, 1.165) is 18.2 Å². The van der Waals surface area contributed by atoms with Crippen LogP contribution in [0, 0.1) is 5.92 Å². The second-order valence-electron chi connectivity index (χ2n) is 6.54. The van der Waals surface area contributed by atoms with Gasteiger partial charge in [0.25, 0.3) is 0 Å². The summed E-state index contributed by atoms with van der Waals surface area (Å²) >= 11 is 0.